The third kappa shape index (κ3) is 3.07. The van der Waals surface area contributed by atoms with E-state index in [0.29, 0.717) is 22.2 Å². The van der Waals surface area contributed by atoms with Crippen molar-refractivity contribution >= 4 is 39.5 Å². The third-order valence-electron chi connectivity index (χ3n) is 2.45. The van der Waals surface area contributed by atoms with E-state index in [1.807, 2.05) is 12.1 Å². The number of hydrogen-bond donors (Lipinski definition) is 2. The molecule has 1 heterocycles. The number of nitrogen functional groups attached to an aromatic ring is 2. The van der Waals surface area contributed by atoms with Gasteiger partial charge in [0.1, 0.15) is 21.8 Å². The first-order valence-corrected chi connectivity index (χ1v) is 7.13. The first-order valence-electron chi connectivity index (χ1n) is 5.52. The average molecular weight is 357 g/mol. The summed E-state index contributed by atoms with van der Waals surface area (Å²) in [5, 5.41) is 0. The van der Waals surface area contributed by atoms with Gasteiger partial charge in [-0.15, -0.1) is 0 Å². The summed E-state index contributed by atoms with van der Waals surface area (Å²) in [7, 11) is 3.18. The van der Waals surface area contributed by atoms with Crippen molar-refractivity contribution in [3.8, 4) is 11.5 Å². The summed E-state index contributed by atoms with van der Waals surface area (Å²) in [6.45, 7) is 0. The summed E-state index contributed by atoms with van der Waals surface area (Å²) in [5.74, 6) is 1.82. The molecule has 0 spiro atoms. The van der Waals surface area contributed by atoms with Crippen molar-refractivity contribution in [2.75, 3.05) is 25.7 Å². The molecule has 1 aromatic carbocycles. The van der Waals surface area contributed by atoms with Crippen molar-refractivity contribution in [3.63, 3.8) is 0 Å². The second-order valence-corrected chi connectivity index (χ2v) is 5.63. The van der Waals surface area contributed by atoms with Gasteiger partial charge in [-0.3, -0.25) is 0 Å². The third-order valence-corrected chi connectivity index (χ3v) is 4.24. The highest BCUT2D eigenvalue weighted by Gasteiger charge is 2.12. The number of benzene rings is 1. The normalized spacial score (nSPS) is 10.3. The van der Waals surface area contributed by atoms with Crippen molar-refractivity contribution in [1.82, 2.24) is 9.97 Å². The number of methoxy groups -OCH3 is 2. The van der Waals surface area contributed by atoms with Crippen LogP contribution in [0.1, 0.15) is 0 Å². The number of nitrogens with two attached hydrogens (primary N) is 2. The highest BCUT2D eigenvalue weighted by atomic mass is 79.9. The molecule has 2 aromatic rings. The number of ether oxygens (including phenoxy) is 2. The van der Waals surface area contributed by atoms with E-state index in [2.05, 4.69) is 25.9 Å². The van der Waals surface area contributed by atoms with Crippen molar-refractivity contribution in [1.29, 1.82) is 0 Å². The van der Waals surface area contributed by atoms with Crippen LogP contribution in [-0.4, -0.2) is 24.2 Å². The number of anilines is 2. The zero-order chi connectivity index (χ0) is 14.7. The van der Waals surface area contributed by atoms with Gasteiger partial charge in [0.2, 0.25) is 5.95 Å². The van der Waals surface area contributed by atoms with E-state index >= 15 is 0 Å². The van der Waals surface area contributed by atoms with Crippen LogP contribution in [0.5, 0.6) is 11.5 Å². The standard InChI is InChI=1S/C12H13BrN4O2S/c1-18-7-3-6(4-8(19-2)10(7)13)20-9-5-16-12(15)17-11(9)14/h3-5H,1-2H3,(H4,14,15,16,17). The van der Waals surface area contributed by atoms with Crippen LogP contribution in [0.3, 0.4) is 0 Å². The lowest BCUT2D eigenvalue weighted by Crippen LogP contribution is -2.00. The Morgan fingerprint density at radius 3 is 2.25 bits per heavy atom. The van der Waals surface area contributed by atoms with Crippen LogP contribution in [0.2, 0.25) is 0 Å². The van der Waals surface area contributed by atoms with Gasteiger partial charge in [0, 0.05) is 11.1 Å². The van der Waals surface area contributed by atoms with Gasteiger partial charge in [0.05, 0.1) is 19.1 Å². The maximum absolute atomic E-state index is 5.82. The molecule has 0 aliphatic heterocycles. The van der Waals surface area contributed by atoms with Gasteiger partial charge in [-0.25, -0.2) is 4.98 Å². The molecule has 0 aliphatic carbocycles. The zero-order valence-electron chi connectivity index (χ0n) is 10.9. The van der Waals surface area contributed by atoms with Gasteiger partial charge < -0.3 is 20.9 Å². The molecular formula is C12H13BrN4O2S. The quantitative estimate of drug-likeness (QED) is 0.868. The smallest absolute Gasteiger partial charge is 0.221 e. The summed E-state index contributed by atoms with van der Waals surface area (Å²) >= 11 is 4.82. The molecule has 0 aliphatic rings. The molecule has 4 N–H and O–H groups in total. The molecule has 0 radical (unpaired) electrons. The Morgan fingerprint density at radius 2 is 1.75 bits per heavy atom. The first-order chi connectivity index (χ1) is 9.55. The zero-order valence-corrected chi connectivity index (χ0v) is 13.3. The second-order valence-electron chi connectivity index (χ2n) is 3.72. The summed E-state index contributed by atoms with van der Waals surface area (Å²) in [6, 6.07) is 3.74. The first kappa shape index (κ1) is 14.7. The van der Waals surface area contributed by atoms with Gasteiger partial charge in [-0.1, -0.05) is 11.8 Å². The molecule has 6 nitrogen and oxygen atoms in total. The Morgan fingerprint density at radius 1 is 1.15 bits per heavy atom. The van der Waals surface area contributed by atoms with Crippen LogP contribution in [0.15, 0.2) is 32.6 Å². The van der Waals surface area contributed by atoms with Crippen molar-refractivity contribution in [2.45, 2.75) is 9.79 Å². The Labute approximate surface area is 129 Å². The molecule has 1 aromatic heterocycles. The Balaban J connectivity index is 2.38. The molecule has 0 atom stereocenters. The van der Waals surface area contributed by atoms with Crippen LogP contribution in [0.4, 0.5) is 11.8 Å². The highest BCUT2D eigenvalue weighted by Crippen LogP contribution is 2.41. The van der Waals surface area contributed by atoms with E-state index in [4.69, 9.17) is 20.9 Å². The maximum Gasteiger partial charge on any atom is 0.221 e. The molecule has 0 unspecified atom stereocenters. The van der Waals surface area contributed by atoms with Crippen molar-refractivity contribution in [2.24, 2.45) is 0 Å². The largest absolute Gasteiger partial charge is 0.495 e. The SMILES string of the molecule is COc1cc(Sc2cnc(N)nc2N)cc(OC)c1Br. The molecule has 0 saturated heterocycles. The molecule has 0 bridgehead atoms. The van der Waals surface area contributed by atoms with E-state index in [-0.39, 0.29) is 5.95 Å². The molecule has 2 rings (SSSR count). The topological polar surface area (TPSA) is 96.3 Å². The molecule has 0 saturated carbocycles. The average Bonchev–Trinajstić information content (AvgIpc) is 2.43. The maximum atomic E-state index is 5.82. The van der Waals surface area contributed by atoms with E-state index in [0.717, 1.165) is 9.37 Å². The van der Waals surface area contributed by atoms with E-state index < -0.39 is 0 Å². The minimum atomic E-state index is 0.151. The van der Waals surface area contributed by atoms with Gasteiger partial charge in [0.15, 0.2) is 0 Å². The molecule has 106 valence electrons. The van der Waals surface area contributed by atoms with Crippen LogP contribution >= 0.6 is 27.7 Å². The fourth-order valence-electron chi connectivity index (χ4n) is 1.51. The fourth-order valence-corrected chi connectivity index (χ4v) is 2.90. The van der Waals surface area contributed by atoms with Crippen LogP contribution in [0, 0.1) is 0 Å². The number of rotatable bonds is 4. The number of aromatic nitrogens is 2. The monoisotopic (exact) mass is 356 g/mol. The van der Waals surface area contributed by atoms with Crippen LogP contribution in [-0.2, 0) is 0 Å². The van der Waals surface area contributed by atoms with Crippen molar-refractivity contribution < 1.29 is 9.47 Å². The van der Waals surface area contributed by atoms with Crippen LogP contribution < -0.4 is 20.9 Å². The lowest BCUT2D eigenvalue weighted by molar-refractivity contribution is 0.387. The summed E-state index contributed by atoms with van der Waals surface area (Å²) in [6.07, 6.45) is 1.59. The Kier molecular flexibility index (Phi) is 4.56. The molecule has 0 amide bonds. The Bertz CT molecular complexity index is 614. The second kappa shape index (κ2) is 6.19. The van der Waals surface area contributed by atoms with E-state index in [9.17, 15) is 0 Å². The van der Waals surface area contributed by atoms with Crippen molar-refractivity contribution in [3.05, 3.63) is 22.8 Å². The van der Waals surface area contributed by atoms with Gasteiger partial charge in [0.25, 0.3) is 0 Å². The molecule has 0 fully saturated rings. The molecular weight excluding hydrogens is 344 g/mol. The number of halogens is 1. The highest BCUT2D eigenvalue weighted by molar-refractivity contribution is 9.10. The van der Waals surface area contributed by atoms with Gasteiger partial charge in [-0.2, -0.15) is 4.98 Å². The fraction of sp³-hybridized carbons (Fsp3) is 0.167. The van der Waals surface area contributed by atoms with Crippen LogP contribution in [0.25, 0.3) is 0 Å². The minimum absolute atomic E-state index is 0.151. The lowest BCUT2D eigenvalue weighted by Gasteiger charge is -2.11. The predicted molar refractivity (Wildman–Crippen MR) is 82.2 cm³/mol. The number of nitrogens with zero attached hydrogens (tertiary/aromatic N) is 2. The predicted octanol–water partition coefficient (Wildman–Crippen LogP) is 2.57. The Hall–Kier alpha value is -1.67. The van der Waals surface area contributed by atoms with Gasteiger partial charge in [-0.05, 0) is 28.1 Å². The lowest BCUT2D eigenvalue weighted by atomic mass is 10.3. The van der Waals surface area contributed by atoms with E-state index in [1.54, 1.807) is 20.4 Å². The minimum Gasteiger partial charge on any atom is -0.495 e. The summed E-state index contributed by atoms with van der Waals surface area (Å²) in [5.41, 5.74) is 11.3. The van der Waals surface area contributed by atoms with E-state index in [1.165, 1.54) is 11.8 Å². The summed E-state index contributed by atoms with van der Waals surface area (Å²) < 4.78 is 11.3. The van der Waals surface area contributed by atoms with Gasteiger partial charge >= 0.3 is 0 Å². The number of hydrogen-bond acceptors (Lipinski definition) is 7. The molecule has 8 heteroatoms. The summed E-state index contributed by atoms with van der Waals surface area (Å²) in [4.78, 5) is 9.46. The molecule has 20 heavy (non-hydrogen) atoms.